The zero-order chi connectivity index (χ0) is 12.8. The second-order valence-electron chi connectivity index (χ2n) is 3.39. The molecule has 0 aliphatic carbocycles. The summed E-state index contributed by atoms with van der Waals surface area (Å²) in [7, 11) is 0. The van der Waals surface area contributed by atoms with Crippen LogP contribution in [0.5, 0.6) is 0 Å². The first-order valence-electron chi connectivity index (χ1n) is 5.22. The van der Waals surface area contributed by atoms with E-state index in [4.69, 9.17) is 5.26 Å². The summed E-state index contributed by atoms with van der Waals surface area (Å²) in [5.41, 5.74) is 0.0206. The van der Waals surface area contributed by atoms with Gasteiger partial charge in [0.2, 0.25) is 0 Å². The van der Waals surface area contributed by atoms with Gasteiger partial charge in [-0.05, 0) is 35.0 Å². The van der Waals surface area contributed by atoms with Crippen molar-refractivity contribution in [3.8, 4) is 6.07 Å². The van der Waals surface area contributed by atoms with E-state index in [2.05, 4.69) is 15.9 Å². The SMILES string of the molecule is CCN(CCC#N)C(=O)c1c(F)cccc1Br. The van der Waals surface area contributed by atoms with Crippen LogP contribution in [0.3, 0.4) is 0 Å². The second-order valence-corrected chi connectivity index (χ2v) is 4.24. The molecule has 0 saturated carbocycles. The van der Waals surface area contributed by atoms with Crippen LogP contribution in [0, 0.1) is 17.1 Å². The molecule has 0 aliphatic heterocycles. The number of nitriles is 1. The zero-order valence-electron chi connectivity index (χ0n) is 9.41. The maximum absolute atomic E-state index is 13.6. The predicted molar refractivity (Wildman–Crippen MR) is 65.9 cm³/mol. The van der Waals surface area contributed by atoms with Crippen LogP contribution >= 0.6 is 15.9 Å². The molecule has 5 heteroatoms. The van der Waals surface area contributed by atoms with Gasteiger partial charge in [0, 0.05) is 17.6 Å². The number of hydrogen-bond donors (Lipinski definition) is 0. The van der Waals surface area contributed by atoms with Gasteiger partial charge >= 0.3 is 0 Å². The van der Waals surface area contributed by atoms with E-state index in [1.165, 1.54) is 17.0 Å². The van der Waals surface area contributed by atoms with Gasteiger partial charge in [-0.3, -0.25) is 4.79 Å². The van der Waals surface area contributed by atoms with Crippen LogP contribution in [-0.2, 0) is 0 Å². The summed E-state index contributed by atoms with van der Waals surface area (Å²) < 4.78 is 14.0. The van der Waals surface area contributed by atoms with Crippen molar-refractivity contribution in [3.63, 3.8) is 0 Å². The molecule has 0 spiro atoms. The quantitative estimate of drug-likeness (QED) is 0.858. The van der Waals surface area contributed by atoms with Gasteiger partial charge < -0.3 is 4.90 Å². The van der Waals surface area contributed by atoms with Gasteiger partial charge in [0.1, 0.15) is 5.82 Å². The average Bonchev–Trinajstić information content (AvgIpc) is 2.30. The van der Waals surface area contributed by atoms with Crippen molar-refractivity contribution < 1.29 is 9.18 Å². The molecule has 0 heterocycles. The number of carbonyl (C=O) groups excluding carboxylic acids is 1. The number of carbonyl (C=O) groups is 1. The number of halogens is 2. The zero-order valence-corrected chi connectivity index (χ0v) is 11.0. The van der Waals surface area contributed by atoms with Gasteiger partial charge in [-0.2, -0.15) is 5.26 Å². The Labute approximate surface area is 108 Å². The first-order valence-corrected chi connectivity index (χ1v) is 6.01. The van der Waals surface area contributed by atoms with Crippen molar-refractivity contribution in [2.45, 2.75) is 13.3 Å². The fourth-order valence-electron chi connectivity index (χ4n) is 1.45. The molecular weight excluding hydrogens is 287 g/mol. The monoisotopic (exact) mass is 298 g/mol. The Morgan fingerprint density at radius 2 is 2.29 bits per heavy atom. The minimum absolute atomic E-state index is 0.0206. The van der Waals surface area contributed by atoms with Crippen molar-refractivity contribution in [1.82, 2.24) is 4.90 Å². The molecule has 90 valence electrons. The first kappa shape index (κ1) is 13.7. The third kappa shape index (κ3) is 3.27. The van der Waals surface area contributed by atoms with Crippen LogP contribution in [0.1, 0.15) is 23.7 Å². The number of benzene rings is 1. The third-order valence-corrected chi connectivity index (χ3v) is 3.00. The lowest BCUT2D eigenvalue weighted by molar-refractivity contribution is 0.0762. The highest BCUT2D eigenvalue weighted by atomic mass is 79.9. The van der Waals surface area contributed by atoms with Gasteiger partial charge in [-0.25, -0.2) is 4.39 Å². The topological polar surface area (TPSA) is 44.1 Å². The van der Waals surface area contributed by atoms with Crippen LogP contribution in [0.4, 0.5) is 4.39 Å². The Morgan fingerprint density at radius 3 is 2.82 bits per heavy atom. The molecule has 0 radical (unpaired) electrons. The number of nitrogens with zero attached hydrogens (tertiary/aromatic N) is 2. The molecular formula is C12H12BrFN2O. The van der Waals surface area contributed by atoms with E-state index in [-0.39, 0.29) is 12.0 Å². The molecule has 0 fully saturated rings. The van der Waals surface area contributed by atoms with E-state index in [0.717, 1.165) is 0 Å². The molecule has 17 heavy (non-hydrogen) atoms. The highest BCUT2D eigenvalue weighted by Gasteiger charge is 2.20. The van der Waals surface area contributed by atoms with Crippen molar-refractivity contribution in [2.75, 3.05) is 13.1 Å². The largest absolute Gasteiger partial charge is 0.338 e. The van der Waals surface area contributed by atoms with Crippen LogP contribution < -0.4 is 0 Å². The average molecular weight is 299 g/mol. The highest BCUT2D eigenvalue weighted by molar-refractivity contribution is 9.10. The maximum Gasteiger partial charge on any atom is 0.258 e. The molecule has 0 aromatic heterocycles. The van der Waals surface area contributed by atoms with Gasteiger partial charge in [0.25, 0.3) is 5.91 Å². The number of hydrogen-bond acceptors (Lipinski definition) is 2. The van der Waals surface area contributed by atoms with E-state index >= 15 is 0 Å². The van der Waals surface area contributed by atoms with Gasteiger partial charge in [0.15, 0.2) is 0 Å². The van der Waals surface area contributed by atoms with Crippen molar-refractivity contribution in [3.05, 3.63) is 34.1 Å². The van der Waals surface area contributed by atoms with Crippen LogP contribution in [0.15, 0.2) is 22.7 Å². The standard InChI is InChI=1S/C12H12BrFN2O/c1-2-16(8-4-7-15)12(17)11-9(13)5-3-6-10(11)14/h3,5-6H,2,4,8H2,1H3. The Morgan fingerprint density at radius 1 is 1.59 bits per heavy atom. The van der Waals surface area contributed by atoms with E-state index in [1.807, 2.05) is 6.07 Å². The third-order valence-electron chi connectivity index (χ3n) is 2.34. The minimum atomic E-state index is -0.556. The fraction of sp³-hybridized carbons (Fsp3) is 0.333. The normalized spacial score (nSPS) is 9.76. The molecule has 0 atom stereocenters. The molecule has 3 nitrogen and oxygen atoms in total. The minimum Gasteiger partial charge on any atom is -0.338 e. The van der Waals surface area contributed by atoms with Crippen molar-refractivity contribution in [1.29, 1.82) is 5.26 Å². The molecule has 1 rings (SSSR count). The number of amides is 1. The Kier molecular flexibility index (Phi) is 5.11. The summed E-state index contributed by atoms with van der Waals surface area (Å²) in [5, 5.41) is 8.50. The second kappa shape index (κ2) is 6.36. The molecule has 0 unspecified atom stereocenters. The molecule has 1 aromatic carbocycles. The van der Waals surface area contributed by atoms with Gasteiger partial charge in [-0.15, -0.1) is 0 Å². The Bertz CT molecular complexity index is 436. The molecule has 1 aromatic rings. The smallest absolute Gasteiger partial charge is 0.258 e. The van der Waals surface area contributed by atoms with Gasteiger partial charge in [0.05, 0.1) is 18.1 Å². The van der Waals surface area contributed by atoms with Gasteiger partial charge in [-0.1, -0.05) is 6.07 Å². The maximum atomic E-state index is 13.6. The Hall–Kier alpha value is -1.41. The summed E-state index contributed by atoms with van der Waals surface area (Å²) >= 11 is 3.16. The molecule has 1 amide bonds. The first-order chi connectivity index (χ1) is 8.11. The molecule has 0 aliphatic rings. The Balaban J connectivity index is 2.98. The van der Waals surface area contributed by atoms with Crippen molar-refractivity contribution in [2.24, 2.45) is 0 Å². The fourth-order valence-corrected chi connectivity index (χ4v) is 1.96. The van der Waals surface area contributed by atoms with E-state index in [1.54, 1.807) is 13.0 Å². The van der Waals surface area contributed by atoms with E-state index in [9.17, 15) is 9.18 Å². The summed E-state index contributed by atoms with van der Waals surface area (Å²) in [5.74, 6) is -0.951. The molecule has 0 saturated heterocycles. The summed E-state index contributed by atoms with van der Waals surface area (Å²) in [6, 6.07) is 6.36. The van der Waals surface area contributed by atoms with Crippen LogP contribution in [0.2, 0.25) is 0 Å². The van der Waals surface area contributed by atoms with Crippen molar-refractivity contribution >= 4 is 21.8 Å². The van der Waals surface area contributed by atoms with E-state index < -0.39 is 11.7 Å². The predicted octanol–water partition coefficient (Wildman–Crippen LogP) is 2.96. The lowest BCUT2D eigenvalue weighted by Crippen LogP contribution is -2.32. The summed E-state index contributed by atoms with van der Waals surface area (Å²) in [6.07, 6.45) is 0.242. The number of rotatable bonds is 4. The lowest BCUT2D eigenvalue weighted by Gasteiger charge is -2.20. The lowest BCUT2D eigenvalue weighted by atomic mass is 10.2. The van der Waals surface area contributed by atoms with Crippen LogP contribution in [0.25, 0.3) is 0 Å². The molecule has 0 bridgehead atoms. The van der Waals surface area contributed by atoms with E-state index in [0.29, 0.717) is 17.6 Å². The summed E-state index contributed by atoms with van der Waals surface area (Å²) in [4.78, 5) is 13.5. The van der Waals surface area contributed by atoms with Crippen LogP contribution in [-0.4, -0.2) is 23.9 Å². The molecule has 0 N–H and O–H groups in total. The highest BCUT2D eigenvalue weighted by Crippen LogP contribution is 2.21. The summed E-state index contributed by atoms with van der Waals surface area (Å²) in [6.45, 7) is 2.55.